The van der Waals surface area contributed by atoms with Crippen molar-refractivity contribution < 1.29 is 0 Å². The van der Waals surface area contributed by atoms with Crippen LogP contribution in [0.4, 0.5) is 0 Å². The Balaban J connectivity index is 1.14. The molecule has 9 rings (SSSR count). The van der Waals surface area contributed by atoms with E-state index in [1.54, 1.807) is 0 Å². The Hall–Kier alpha value is -5.92. The largest absolute Gasteiger partial charge is 0.341 e. The summed E-state index contributed by atoms with van der Waals surface area (Å²) in [4.78, 5) is 0. The van der Waals surface area contributed by atoms with E-state index in [2.05, 4.69) is 185 Å². The standard InChI is InChI=1S/C50H41N/c1-6-51-47-15-11-10-14-41(47)42-30-40(24-25-48(42)51)37-18-16-35(17-19-37)36-20-22-39(23-21-36)50-45-28-33(4)31(2)26-43(45)49(38-12-8-7-9-13-38)44-27-32(3)34(5)29-46(44)50/h7-30H,6H2,1-5H3. The summed E-state index contributed by atoms with van der Waals surface area (Å²) in [5.41, 5.74) is 17.9. The Kier molecular flexibility index (Phi) is 7.40. The van der Waals surface area contributed by atoms with Crippen LogP contribution in [0.15, 0.2) is 146 Å². The first-order valence-electron chi connectivity index (χ1n) is 18.1. The molecule has 1 aromatic heterocycles. The number of para-hydroxylation sites is 1. The van der Waals surface area contributed by atoms with Gasteiger partial charge in [-0.1, -0.05) is 127 Å². The Morgan fingerprint density at radius 2 is 0.725 bits per heavy atom. The third kappa shape index (κ3) is 5.07. The van der Waals surface area contributed by atoms with E-state index in [9.17, 15) is 0 Å². The molecule has 1 heterocycles. The van der Waals surface area contributed by atoms with E-state index in [4.69, 9.17) is 0 Å². The molecule has 0 aliphatic heterocycles. The van der Waals surface area contributed by atoms with E-state index in [1.165, 1.54) is 110 Å². The molecule has 0 radical (unpaired) electrons. The molecule has 0 aliphatic carbocycles. The maximum Gasteiger partial charge on any atom is 0.0491 e. The van der Waals surface area contributed by atoms with Gasteiger partial charge >= 0.3 is 0 Å². The first kappa shape index (κ1) is 31.1. The van der Waals surface area contributed by atoms with Crippen LogP contribution in [0.2, 0.25) is 0 Å². The number of nitrogens with zero attached hydrogens (tertiary/aromatic N) is 1. The first-order chi connectivity index (χ1) is 24.9. The smallest absolute Gasteiger partial charge is 0.0491 e. The molecule has 0 N–H and O–H groups in total. The molecule has 0 bridgehead atoms. The fraction of sp³-hybridized carbons (Fsp3) is 0.120. The van der Waals surface area contributed by atoms with Crippen LogP contribution in [0, 0.1) is 27.7 Å². The molecule has 9 aromatic rings. The summed E-state index contributed by atoms with van der Waals surface area (Å²) in [6, 6.07) is 54.5. The SMILES string of the molecule is CCn1c2ccccc2c2cc(-c3ccc(-c4ccc(-c5c6cc(C)c(C)cc6c(-c6ccccc6)c6cc(C)c(C)cc56)cc4)cc3)ccc21. The number of hydrogen-bond donors (Lipinski definition) is 0. The molecule has 1 heteroatoms. The van der Waals surface area contributed by atoms with Crippen molar-refractivity contribution in [2.45, 2.75) is 41.2 Å². The lowest BCUT2D eigenvalue weighted by molar-refractivity contribution is 0.827. The molecule has 8 aromatic carbocycles. The van der Waals surface area contributed by atoms with E-state index in [1.807, 2.05) is 0 Å². The van der Waals surface area contributed by atoms with Crippen LogP contribution >= 0.6 is 0 Å². The summed E-state index contributed by atoms with van der Waals surface area (Å²) in [5, 5.41) is 7.88. The van der Waals surface area contributed by atoms with Crippen LogP contribution in [0.3, 0.4) is 0 Å². The predicted molar refractivity (Wildman–Crippen MR) is 221 cm³/mol. The number of fused-ring (bicyclic) bond motifs is 5. The monoisotopic (exact) mass is 655 g/mol. The summed E-state index contributed by atoms with van der Waals surface area (Å²) in [6.07, 6.45) is 0. The fourth-order valence-corrected chi connectivity index (χ4v) is 8.24. The van der Waals surface area contributed by atoms with Crippen LogP contribution in [0.1, 0.15) is 29.2 Å². The molecule has 51 heavy (non-hydrogen) atoms. The van der Waals surface area contributed by atoms with Crippen molar-refractivity contribution >= 4 is 43.4 Å². The second-order valence-electron chi connectivity index (χ2n) is 14.2. The van der Waals surface area contributed by atoms with E-state index >= 15 is 0 Å². The Bertz CT molecular complexity index is 2710. The summed E-state index contributed by atoms with van der Waals surface area (Å²) >= 11 is 0. The molecule has 0 unspecified atom stereocenters. The molecule has 0 saturated heterocycles. The summed E-state index contributed by atoms with van der Waals surface area (Å²) in [6.45, 7) is 12.1. The minimum Gasteiger partial charge on any atom is -0.341 e. The van der Waals surface area contributed by atoms with E-state index in [-0.39, 0.29) is 0 Å². The summed E-state index contributed by atoms with van der Waals surface area (Å²) < 4.78 is 2.41. The van der Waals surface area contributed by atoms with Crippen LogP contribution in [-0.2, 0) is 6.54 Å². The van der Waals surface area contributed by atoms with Gasteiger partial charge in [-0.05, 0) is 141 Å². The Morgan fingerprint density at radius 1 is 0.333 bits per heavy atom. The molecule has 0 fully saturated rings. The lowest BCUT2D eigenvalue weighted by Gasteiger charge is -2.20. The van der Waals surface area contributed by atoms with Crippen molar-refractivity contribution in [1.82, 2.24) is 4.57 Å². The highest BCUT2D eigenvalue weighted by atomic mass is 15.0. The van der Waals surface area contributed by atoms with Gasteiger partial charge in [0.2, 0.25) is 0 Å². The average molecular weight is 656 g/mol. The van der Waals surface area contributed by atoms with Crippen LogP contribution in [0.5, 0.6) is 0 Å². The van der Waals surface area contributed by atoms with Gasteiger partial charge < -0.3 is 4.57 Å². The second kappa shape index (κ2) is 12.1. The van der Waals surface area contributed by atoms with Gasteiger partial charge in [0.25, 0.3) is 0 Å². The molecule has 0 spiro atoms. The first-order valence-corrected chi connectivity index (χ1v) is 18.1. The molecule has 0 atom stereocenters. The number of aryl methyl sites for hydroxylation is 5. The number of aromatic nitrogens is 1. The molecule has 0 saturated carbocycles. The minimum absolute atomic E-state index is 0.959. The van der Waals surface area contributed by atoms with Gasteiger partial charge in [-0.15, -0.1) is 0 Å². The molecule has 246 valence electrons. The van der Waals surface area contributed by atoms with Gasteiger partial charge in [0.05, 0.1) is 0 Å². The van der Waals surface area contributed by atoms with Crippen molar-refractivity contribution in [3.05, 3.63) is 168 Å². The van der Waals surface area contributed by atoms with Crippen LogP contribution < -0.4 is 0 Å². The molecule has 1 nitrogen and oxygen atoms in total. The van der Waals surface area contributed by atoms with Gasteiger partial charge in [-0.3, -0.25) is 0 Å². The quantitative estimate of drug-likeness (QED) is 0.163. The van der Waals surface area contributed by atoms with Crippen LogP contribution in [0.25, 0.3) is 87.9 Å². The normalized spacial score (nSPS) is 11.7. The van der Waals surface area contributed by atoms with Crippen molar-refractivity contribution in [2.24, 2.45) is 0 Å². The summed E-state index contributed by atoms with van der Waals surface area (Å²) in [7, 11) is 0. The number of hydrogen-bond acceptors (Lipinski definition) is 0. The highest BCUT2D eigenvalue weighted by Crippen LogP contribution is 2.45. The van der Waals surface area contributed by atoms with E-state index in [0.717, 1.165) is 6.54 Å². The van der Waals surface area contributed by atoms with E-state index in [0.29, 0.717) is 0 Å². The minimum atomic E-state index is 0.959. The summed E-state index contributed by atoms with van der Waals surface area (Å²) in [5.74, 6) is 0. The Labute approximate surface area is 300 Å². The fourth-order valence-electron chi connectivity index (χ4n) is 8.24. The third-order valence-corrected chi connectivity index (χ3v) is 11.2. The predicted octanol–water partition coefficient (Wildman–Crippen LogP) is 14.0. The average Bonchev–Trinajstić information content (AvgIpc) is 3.49. The molecular formula is C50H41N. The lowest BCUT2D eigenvalue weighted by Crippen LogP contribution is -1.95. The van der Waals surface area contributed by atoms with Gasteiger partial charge in [-0.25, -0.2) is 0 Å². The molecule has 0 aliphatic rings. The highest BCUT2D eigenvalue weighted by Gasteiger charge is 2.19. The number of rotatable bonds is 5. The van der Waals surface area contributed by atoms with Gasteiger partial charge in [0.15, 0.2) is 0 Å². The topological polar surface area (TPSA) is 4.93 Å². The zero-order chi connectivity index (χ0) is 34.8. The number of benzene rings is 8. The molecular weight excluding hydrogens is 615 g/mol. The van der Waals surface area contributed by atoms with Crippen molar-refractivity contribution in [1.29, 1.82) is 0 Å². The van der Waals surface area contributed by atoms with Gasteiger partial charge in [-0.2, -0.15) is 0 Å². The van der Waals surface area contributed by atoms with Crippen molar-refractivity contribution in [3.8, 4) is 44.5 Å². The highest BCUT2D eigenvalue weighted by molar-refractivity contribution is 6.22. The van der Waals surface area contributed by atoms with Gasteiger partial charge in [0.1, 0.15) is 0 Å². The maximum atomic E-state index is 2.41. The zero-order valence-corrected chi connectivity index (χ0v) is 30.0. The Morgan fingerprint density at radius 3 is 1.24 bits per heavy atom. The lowest BCUT2D eigenvalue weighted by atomic mass is 9.83. The van der Waals surface area contributed by atoms with Gasteiger partial charge in [0, 0.05) is 28.4 Å². The zero-order valence-electron chi connectivity index (χ0n) is 30.0. The van der Waals surface area contributed by atoms with Crippen molar-refractivity contribution in [2.75, 3.05) is 0 Å². The maximum absolute atomic E-state index is 2.41. The van der Waals surface area contributed by atoms with Crippen molar-refractivity contribution in [3.63, 3.8) is 0 Å². The second-order valence-corrected chi connectivity index (χ2v) is 14.2. The molecule has 0 amide bonds. The van der Waals surface area contributed by atoms with Crippen LogP contribution in [-0.4, -0.2) is 4.57 Å². The third-order valence-electron chi connectivity index (χ3n) is 11.2. The van der Waals surface area contributed by atoms with E-state index < -0.39 is 0 Å².